The molecule has 3 aromatic rings. The Kier molecular flexibility index (Phi) is 3.82. The molecule has 2 heterocycles. The third-order valence-corrected chi connectivity index (χ3v) is 3.74. The Morgan fingerprint density at radius 3 is 2.95 bits per heavy atom. The molecule has 0 spiro atoms. The summed E-state index contributed by atoms with van der Waals surface area (Å²) in [5.41, 5.74) is 3.10. The summed E-state index contributed by atoms with van der Waals surface area (Å²) in [6, 6.07) is 11.3. The summed E-state index contributed by atoms with van der Waals surface area (Å²) in [6.45, 7) is 0.532. The van der Waals surface area contributed by atoms with Gasteiger partial charge in [-0.15, -0.1) is 0 Å². The van der Waals surface area contributed by atoms with Gasteiger partial charge in [0.05, 0.1) is 28.5 Å². The number of hydrogen-bond donors (Lipinski definition) is 1. The van der Waals surface area contributed by atoms with Gasteiger partial charge in [0, 0.05) is 16.9 Å². The SMILES string of the molecule is N#Cc1ccc(Br)cc1NCc1cn2cc(Cl)ccc2n1. The second kappa shape index (κ2) is 5.76. The molecule has 0 aliphatic carbocycles. The minimum absolute atomic E-state index is 0.532. The Morgan fingerprint density at radius 2 is 2.14 bits per heavy atom. The van der Waals surface area contributed by atoms with Crippen LogP contribution in [0.3, 0.4) is 0 Å². The van der Waals surface area contributed by atoms with E-state index in [1.54, 1.807) is 6.07 Å². The number of rotatable bonds is 3. The smallest absolute Gasteiger partial charge is 0.137 e. The van der Waals surface area contributed by atoms with Gasteiger partial charge in [-0.05, 0) is 30.3 Å². The average molecular weight is 362 g/mol. The van der Waals surface area contributed by atoms with Gasteiger partial charge in [-0.25, -0.2) is 4.98 Å². The number of nitriles is 1. The monoisotopic (exact) mass is 360 g/mol. The normalized spacial score (nSPS) is 10.5. The van der Waals surface area contributed by atoms with E-state index < -0.39 is 0 Å². The minimum atomic E-state index is 0.532. The van der Waals surface area contributed by atoms with E-state index in [2.05, 4.69) is 32.3 Å². The molecule has 6 heteroatoms. The van der Waals surface area contributed by atoms with E-state index >= 15 is 0 Å². The number of anilines is 1. The summed E-state index contributed by atoms with van der Waals surface area (Å²) < 4.78 is 2.80. The van der Waals surface area contributed by atoms with Crippen LogP contribution in [0.5, 0.6) is 0 Å². The molecule has 1 N–H and O–H groups in total. The van der Waals surface area contributed by atoms with Crippen molar-refractivity contribution in [3.63, 3.8) is 0 Å². The quantitative estimate of drug-likeness (QED) is 0.759. The number of fused-ring (bicyclic) bond motifs is 1. The van der Waals surface area contributed by atoms with Gasteiger partial charge in [0.15, 0.2) is 0 Å². The van der Waals surface area contributed by atoms with Crippen molar-refractivity contribution < 1.29 is 0 Å². The van der Waals surface area contributed by atoms with Crippen LogP contribution in [0.25, 0.3) is 5.65 Å². The van der Waals surface area contributed by atoms with Gasteiger partial charge >= 0.3 is 0 Å². The molecule has 0 atom stereocenters. The molecule has 3 rings (SSSR count). The molecule has 0 fully saturated rings. The number of halogens is 2. The summed E-state index contributed by atoms with van der Waals surface area (Å²) in [7, 11) is 0. The van der Waals surface area contributed by atoms with Crippen molar-refractivity contribution in [3.05, 3.63) is 63.5 Å². The fraction of sp³-hybridized carbons (Fsp3) is 0.0667. The van der Waals surface area contributed by atoms with Crippen LogP contribution in [0.2, 0.25) is 5.02 Å². The van der Waals surface area contributed by atoms with E-state index in [0.29, 0.717) is 17.1 Å². The maximum Gasteiger partial charge on any atom is 0.137 e. The van der Waals surface area contributed by atoms with Crippen molar-refractivity contribution in [2.45, 2.75) is 6.54 Å². The Bertz CT molecular complexity index is 850. The first kappa shape index (κ1) is 13.9. The number of aromatic nitrogens is 2. The maximum atomic E-state index is 9.11. The van der Waals surface area contributed by atoms with Crippen LogP contribution in [-0.4, -0.2) is 9.38 Å². The summed E-state index contributed by atoms with van der Waals surface area (Å²) >= 11 is 9.36. The molecule has 4 nitrogen and oxygen atoms in total. The van der Waals surface area contributed by atoms with E-state index in [-0.39, 0.29) is 0 Å². The van der Waals surface area contributed by atoms with Gasteiger partial charge in [-0.1, -0.05) is 27.5 Å². The lowest BCUT2D eigenvalue weighted by molar-refractivity contribution is 1.08. The fourth-order valence-corrected chi connectivity index (χ4v) is 2.58. The zero-order chi connectivity index (χ0) is 14.8. The lowest BCUT2D eigenvalue weighted by Gasteiger charge is -2.06. The summed E-state index contributed by atoms with van der Waals surface area (Å²) in [6.07, 6.45) is 3.73. The highest BCUT2D eigenvalue weighted by Gasteiger charge is 2.05. The van der Waals surface area contributed by atoms with Gasteiger partial charge in [0.25, 0.3) is 0 Å². The van der Waals surface area contributed by atoms with Gasteiger partial charge in [0.2, 0.25) is 0 Å². The summed E-state index contributed by atoms with van der Waals surface area (Å²) in [5.74, 6) is 0. The second-order valence-corrected chi connectivity index (χ2v) is 5.85. The number of nitrogens with one attached hydrogen (secondary N) is 1. The van der Waals surface area contributed by atoms with Crippen molar-refractivity contribution in [1.29, 1.82) is 5.26 Å². The van der Waals surface area contributed by atoms with Crippen LogP contribution in [0.4, 0.5) is 5.69 Å². The average Bonchev–Trinajstić information content (AvgIpc) is 2.87. The molecule has 0 radical (unpaired) electrons. The predicted octanol–water partition coefficient (Wildman–Crippen LogP) is 4.23. The van der Waals surface area contributed by atoms with E-state index in [1.165, 1.54) is 0 Å². The minimum Gasteiger partial charge on any atom is -0.378 e. The lowest BCUT2D eigenvalue weighted by Crippen LogP contribution is -2.01. The molecule has 1 aromatic carbocycles. The first-order valence-corrected chi connectivity index (χ1v) is 7.39. The van der Waals surface area contributed by atoms with Crippen LogP contribution < -0.4 is 5.32 Å². The van der Waals surface area contributed by atoms with Gasteiger partial charge in [-0.3, -0.25) is 0 Å². The number of pyridine rings is 1. The standard InChI is InChI=1S/C15H10BrClN4/c16-11-2-1-10(6-18)14(5-11)19-7-13-9-21-8-12(17)3-4-15(21)20-13/h1-5,8-9,19H,7H2. The molecule has 104 valence electrons. The van der Waals surface area contributed by atoms with E-state index in [0.717, 1.165) is 21.5 Å². The molecule has 0 bridgehead atoms. The maximum absolute atomic E-state index is 9.11. The molecule has 0 saturated carbocycles. The Balaban J connectivity index is 1.83. The van der Waals surface area contributed by atoms with Gasteiger partial charge in [0.1, 0.15) is 11.7 Å². The molecule has 0 aliphatic rings. The third-order valence-electron chi connectivity index (χ3n) is 3.03. The first-order chi connectivity index (χ1) is 10.2. The van der Waals surface area contributed by atoms with E-state index in [9.17, 15) is 0 Å². The molecule has 0 unspecified atom stereocenters. The zero-order valence-electron chi connectivity index (χ0n) is 10.8. The van der Waals surface area contributed by atoms with Crippen molar-refractivity contribution in [2.75, 3.05) is 5.32 Å². The molecular formula is C15H10BrClN4. The first-order valence-electron chi connectivity index (χ1n) is 6.22. The lowest BCUT2D eigenvalue weighted by atomic mass is 10.2. The van der Waals surface area contributed by atoms with Crippen LogP contribution in [0, 0.1) is 11.3 Å². The largest absolute Gasteiger partial charge is 0.378 e. The Hall–Kier alpha value is -2.03. The molecule has 21 heavy (non-hydrogen) atoms. The number of nitrogens with zero attached hydrogens (tertiary/aromatic N) is 3. The Morgan fingerprint density at radius 1 is 1.29 bits per heavy atom. The van der Waals surface area contributed by atoms with E-state index in [1.807, 2.05) is 41.1 Å². The van der Waals surface area contributed by atoms with Gasteiger partial charge in [-0.2, -0.15) is 5.26 Å². The number of benzene rings is 1. The fourth-order valence-electron chi connectivity index (χ4n) is 2.05. The van der Waals surface area contributed by atoms with Crippen LogP contribution in [0.1, 0.15) is 11.3 Å². The van der Waals surface area contributed by atoms with Gasteiger partial charge < -0.3 is 9.72 Å². The summed E-state index contributed by atoms with van der Waals surface area (Å²) in [4.78, 5) is 4.49. The highest BCUT2D eigenvalue weighted by molar-refractivity contribution is 9.10. The van der Waals surface area contributed by atoms with Crippen LogP contribution >= 0.6 is 27.5 Å². The Labute approximate surface area is 135 Å². The molecule has 2 aromatic heterocycles. The van der Waals surface area contributed by atoms with Crippen molar-refractivity contribution in [1.82, 2.24) is 9.38 Å². The van der Waals surface area contributed by atoms with Crippen molar-refractivity contribution >= 4 is 38.9 Å². The second-order valence-electron chi connectivity index (χ2n) is 4.50. The molecule has 0 aliphatic heterocycles. The number of imidazole rings is 1. The van der Waals surface area contributed by atoms with Crippen molar-refractivity contribution in [3.8, 4) is 6.07 Å². The van der Waals surface area contributed by atoms with Crippen molar-refractivity contribution in [2.24, 2.45) is 0 Å². The summed E-state index contributed by atoms with van der Waals surface area (Å²) in [5, 5.41) is 13.0. The predicted molar refractivity (Wildman–Crippen MR) is 86.4 cm³/mol. The topological polar surface area (TPSA) is 53.1 Å². The van der Waals surface area contributed by atoms with Crippen LogP contribution in [0.15, 0.2) is 47.2 Å². The third kappa shape index (κ3) is 3.02. The molecule has 0 amide bonds. The zero-order valence-corrected chi connectivity index (χ0v) is 13.2. The highest BCUT2D eigenvalue weighted by atomic mass is 79.9. The van der Waals surface area contributed by atoms with Crippen LogP contribution in [-0.2, 0) is 6.54 Å². The highest BCUT2D eigenvalue weighted by Crippen LogP contribution is 2.21. The number of hydrogen-bond acceptors (Lipinski definition) is 3. The molecular weight excluding hydrogens is 352 g/mol. The van der Waals surface area contributed by atoms with E-state index in [4.69, 9.17) is 16.9 Å². The molecule has 0 saturated heterocycles.